The molecule has 1 saturated heterocycles. The van der Waals surface area contributed by atoms with Crippen LogP contribution in [-0.4, -0.2) is 46.9 Å². The number of pyridine rings is 2. The third-order valence-corrected chi connectivity index (χ3v) is 6.95. The highest BCUT2D eigenvalue weighted by atomic mass is 19.1. The highest BCUT2D eigenvalue weighted by Gasteiger charge is 2.40. The number of hydrogen-bond acceptors (Lipinski definition) is 6. The van der Waals surface area contributed by atoms with Crippen molar-refractivity contribution in [2.75, 3.05) is 25.1 Å². The second-order valence-electron chi connectivity index (χ2n) is 8.83. The van der Waals surface area contributed by atoms with Crippen LogP contribution in [0.1, 0.15) is 29.6 Å². The number of hydrogen-bond donors (Lipinski definition) is 2. The van der Waals surface area contributed by atoms with Crippen LogP contribution in [0.4, 0.5) is 10.2 Å². The molecule has 3 heterocycles. The molecule has 0 unspecified atom stereocenters. The summed E-state index contributed by atoms with van der Waals surface area (Å²) in [5.74, 6) is -0.563. The molecular weight excluding hydrogens is 427 g/mol. The molecule has 33 heavy (non-hydrogen) atoms. The van der Waals surface area contributed by atoms with Gasteiger partial charge in [0.05, 0.1) is 12.5 Å². The second kappa shape index (κ2) is 8.15. The van der Waals surface area contributed by atoms with Gasteiger partial charge in [0.2, 0.25) is 5.43 Å². The van der Waals surface area contributed by atoms with Crippen LogP contribution >= 0.6 is 0 Å². The normalized spacial score (nSPS) is 22.4. The lowest BCUT2D eigenvalue weighted by atomic mass is 9.78. The second-order valence-corrected chi connectivity index (χ2v) is 8.83. The number of nitrogens with zero attached hydrogens (tertiary/aromatic N) is 3. The van der Waals surface area contributed by atoms with E-state index in [2.05, 4.69) is 4.98 Å². The van der Waals surface area contributed by atoms with E-state index in [1.165, 1.54) is 10.8 Å². The van der Waals surface area contributed by atoms with Crippen LogP contribution in [0.25, 0.3) is 16.7 Å². The van der Waals surface area contributed by atoms with Gasteiger partial charge in [0.1, 0.15) is 11.3 Å². The summed E-state index contributed by atoms with van der Waals surface area (Å²) in [6, 6.07) is 8.08. The van der Waals surface area contributed by atoms with Crippen molar-refractivity contribution >= 4 is 22.8 Å². The smallest absolute Gasteiger partial charge is 0.341 e. The van der Waals surface area contributed by atoms with Crippen molar-refractivity contribution in [1.29, 1.82) is 0 Å². The van der Waals surface area contributed by atoms with Crippen LogP contribution in [-0.2, 0) is 0 Å². The van der Waals surface area contributed by atoms with Gasteiger partial charge in [-0.25, -0.2) is 14.2 Å². The van der Waals surface area contributed by atoms with Gasteiger partial charge < -0.3 is 25.0 Å². The maximum atomic E-state index is 15.2. The number of carboxylic acids is 1. The van der Waals surface area contributed by atoms with Gasteiger partial charge in [-0.05, 0) is 55.0 Å². The molecule has 9 heteroatoms. The Morgan fingerprint density at radius 1 is 1.24 bits per heavy atom. The summed E-state index contributed by atoms with van der Waals surface area (Å²) in [6.45, 7) is 1.27. The van der Waals surface area contributed by atoms with E-state index in [4.69, 9.17) is 10.5 Å². The molecule has 172 valence electrons. The first kappa shape index (κ1) is 21.4. The van der Waals surface area contributed by atoms with Gasteiger partial charge in [-0.15, -0.1) is 0 Å². The molecule has 3 aromatic rings. The third kappa shape index (κ3) is 3.62. The van der Waals surface area contributed by atoms with Crippen LogP contribution in [0.2, 0.25) is 0 Å². The lowest BCUT2D eigenvalue weighted by Gasteiger charge is -2.29. The molecule has 1 aromatic carbocycles. The van der Waals surface area contributed by atoms with Crippen molar-refractivity contribution < 1.29 is 19.0 Å². The molecule has 3 atom stereocenters. The van der Waals surface area contributed by atoms with E-state index in [1.807, 2.05) is 4.90 Å². The Hall–Kier alpha value is -3.46. The number of rotatable bonds is 4. The molecule has 3 N–H and O–H groups in total. The molecule has 8 nitrogen and oxygen atoms in total. The Balaban J connectivity index is 1.67. The van der Waals surface area contributed by atoms with Crippen LogP contribution in [0.3, 0.4) is 0 Å². The topological polar surface area (TPSA) is 111 Å². The van der Waals surface area contributed by atoms with E-state index in [0.717, 1.165) is 25.3 Å². The van der Waals surface area contributed by atoms with E-state index in [1.54, 1.807) is 31.4 Å². The maximum Gasteiger partial charge on any atom is 0.341 e. The summed E-state index contributed by atoms with van der Waals surface area (Å²) in [5, 5.41) is 9.47. The largest absolute Gasteiger partial charge is 0.497 e. The summed E-state index contributed by atoms with van der Waals surface area (Å²) >= 11 is 0. The highest BCUT2D eigenvalue weighted by molar-refractivity contribution is 5.92. The standard InChI is InChI=1S/C24H25FN4O4/c1-33-15-7-5-14(6-8-15)29-12-18(24(31)32)21(30)16-9-19(25)23(27-22(16)29)28-10-13-3-2-4-20(26)17(13)11-28/h5-9,12-13,17,20H,2-4,10-11,26H2,1H3,(H,31,32)/t13-,17+,20-/m1/s1. The molecule has 0 spiro atoms. The van der Waals surface area contributed by atoms with Gasteiger partial charge >= 0.3 is 5.97 Å². The fourth-order valence-electron chi connectivity index (χ4n) is 5.22. The van der Waals surface area contributed by atoms with Crippen LogP contribution in [0.5, 0.6) is 5.75 Å². The first-order chi connectivity index (χ1) is 15.9. The molecule has 1 saturated carbocycles. The zero-order chi connectivity index (χ0) is 23.3. The van der Waals surface area contributed by atoms with Gasteiger partial charge in [-0.1, -0.05) is 6.42 Å². The Morgan fingerprint density at radius 2 is 2.00 bits per heavy atom. The van der Waals surface area contributed by atoms with E-state index >= 15 is 4.39 Å². The lowest BCUT2D eigenvalue weighted by molar-refractivity contribution is 0.0695. The first-order valence-electron chi connectivity index (χ1n) is 11.0. The van der Waals surface area contributed by atoms with Crippen molar-refractivity contribution in [3.8, 4) is 11.4 Å². The van der Waals surface area contributed by atoms with Crippen LogP contribution in [0.15, 0.2) is 41.3 Å². The zero-order valence-electron chi connectivity index (χ0n) is 18.2. The van der Waals surface area contributed by atoms with Crippen LogP contribution in [0, 0.1) is 17.7 Å². The predicted molar refractivity (Wildman–Crippen MR) is 122 cm³/mol. The number of anilines is 1. The first-order valence-corrected chi connectivity index (χ1v) is 11.0. The molecule has 1 aliphatic heterocycles. The number of carboxylic acid groups (broad SMARTS) is 1. The Morgan fingerprint density at radius 3 is 2.67 bits per heavy atom. The van der Waals surface area contributed by atoms with Gasteiger partial charge in [0.15, 0.2) is 17.3 Å². The molecule has 2 aliphatic rings. The van der Waals surface area contributed by atoms with Crippen molar-refractivity contribution in [3.05, 3.63) is 58.1 Å². The van der Waals surface area contributed by atoms with Crippen molar-refractivity contribution in [2.45, 2.75) is 25.3 Å². The average Bonchev–Trinajstić information content (AvgIpc) is 3.25. The number of ether oxygens (including phenoxy) is 1. The minimum atomic E-state index is -1.38. The highest BCUT2D eigenvalue weighted by Crippen LogP contribution is 2.38. The van der Waals surface area contributed by atoms with Crippen molar-refractivity contribution in [1.82, 2.24) is 9.55 Å². The number of halogens is 1. The van der Waals surface area contributed by atoms with Crippen LogP contribution < -0.4 is 20.8 Å². The number of nitrogens with two attached hydrogens (primary N) is 1. The number of benzene rings is 1. The summed E-state index contributed by atoms with van der Waals surface area (Å²) in [4.78, 5) is 31.0. The molecule has 0 bridgehead atoms. The summed E-state index contributed by atoms with van der Waals surface area (Å²) in [7, 11) is 1.54. The van der Waals surface area contributed by atoms with E-state index in [-0.39, 0.29) is 28.8 Å². The SMILES string of the molecule is COc1ccc(-n2cc(C(=O)O)c(=O)c3cc(F)c(N4C[C@H]5CCC[C@@H](N)[C@H]5C4)nc32)cc1. The molecule has 5 rings (SSSR count). The summed E-state index contributed by atoms with van der Waals surface area (Å²) < 4.78 is 22.0. The quantitative estimate of drug-likeness (QED) is 0.626. The molecule has 2 fully saturated rings. The van der Waals surface area contributed by atoms with Gasteiger partial charge in [-0.3, -0.25) is 4.79 Å². The van der Waals surface area contributed by atoms with Gasteiger partial charge in [0.25, 0.3) is 0 Å². The Labute approximate surface area is 189 Å². The minimum absolute atomic E-state index is 0.0831. The fraction of sp³-hybridized carbons (Fsp3) is 0.375. The minimum Gasteiger partial charge on any atom is -0.497 e. The fourth-order valence-corrected chi connectivity index (χ4v) is 5.22. The third-order valence-electron chi connectivity index (χ3n) is 6.95. The monoisotopic (exact) mass is 452 g/mol. The van der Waals surface area contributed by atoms with E-state index < -0.39 is 22.8 Å². The number of methoxy groups -OCH3 is 1. The van der Waals surface area contributed by atoms with Gasteiger partial charge in [0, 0.05) is 31.0 Å². The number of aromatic carboxylic acids is 1. The lowest BCUT2D eigenvalue weighted by Crippen LogP contribution is -2.38. The molecule has 0 radical (unpaired) electrons. The number of fused-ring (bicyclic) bond motifs is 2. The van der Waals surface area contributed by atoms with Gasteiger partial charge in [-0.2, -0.15) is 0 Å². The summed E-state index contributed by atoms with van der Waals surface area (Å²) in [5.41, 5.74) is 5.88. The molecule has 0 amide bonds. The molecule has 1 aliphatic carbocycles. The maximum absolute atomic E-state index is 15.2. The number of carbonyl (C=O) groups is 1. The molecule has 2 aromatic heterocycles. The zero-order valence-corrected chi connectivity index (χ0v) is 18.2. The van der Waals surface area contributed by atoms with E-state index in [9.17, 15) is 14.7 Å². The predicted octanol–water partition coefficient (Wildman–Crippen LogP) is 2.80. The van der Waals surface area contributed by atoms with E-state index in [0.29, 0.717) is 30.4 Å². The molecular formula is C24H25FN4O4. The number of aromatic nitrogens is 2. The van der Waals surface area contributed by atoms with Crippen molar-refractivity contribution in [2.24, 2.45) is 17.6 Å². The average molecular weight is 452 g/mol. The summed E-state index contributed by atoms with van der Waals surface area (Å²) in [6.07, 6.45) is 4.34. The Bertz CT molecular complexity index is 1290. The van der Waals surface area contributed by atoms with Crippen molar-refractivity contribution in [3.63, 3.8) is 0 Å². The Kier molecular flexibility index (Phi) is 5.28.